The van der Waals surface area contributed by atoms with Crippen LogP contribution in [0.15, 0.2) is 12.4 Å². The maximum absolute atomic E-state index is 15.5. The van der Waals surface area contributed by atoms with E-state index in [-0.39, 0.29) is 18.3 Å². The van der Waals surface area contributed by atoms with E-state index in [0.29, 0.717) is 62.6 Å². The van der Waals surface area contributed by atoms with Crippen LogP contribution in [0, 0.1) is 12.8 Å². The number of aromatic nitrogens is 3. The smallest absolute Gasteiger partial charge is 0.392 e. The molecule has 0 spiro atoms. The van der Waals surface area contributed by atoms with Crippen LogP contribution in [0.4, 0.5) is 17.6 Å². The van der Waals surface area contributed by atoms with Crippen molar-refractivity contribution in [2.45, 2.75) is 76.6 Å². The second-order valence-corrected chi connectivity index (χ2v) is 11.3. The lowest BCUT2D eigenvalue weighted by Gasteiger charge is -2.35. The number of fused-ring (bicyclic) bond motifs is 1. The van der Waals surface area contributed by atoms with Gasteiger partial charge in [0.05, 0.1) is 36.8 Å². The molecule has 1 fully saturated rings. The maximum Gasteiger partial charge on any atom is 0.392 e. The van der Waals surface area contributed by atoms with Gasteiger partial charge >= 0.3 is 6.18 Å². The van der Waals surface area contributed by atoms with Gasteiger partial charge in [0.15, 0.2) is 5.78 Å². The average molecular weight is 559 g/mol. The molecule has 210 valence electrons. The summed E-state index contributed by atoms with van der Waals surface area (Å²) < 4.78 is 63.1. The Morgan fingerprint density at radius 1 is 1.16 bits per heavy atom. The third-order valence-electron chi connectivity index (χ3n) is 7.22. The predicted molar refractivity (Wildman–Crippen MR) is 134 cm³/mol. The molecule has 1 aliphatic heterocycles. The number of halogens is 4. The van der Waals surface area contributed by atoms with Crippen LogP contribution in [0.2, 0.25) is 0 Å². The lowest BCUT2D eigenvalue weighted by Crippen LogP contribution is -2.36. The van der Waals surface area contributed by atoms with Crippen molar-refractivity contribution in [3.8, 4) is 11.1 Å². The molecule has 1 saturated carbocycles. The van der Waals surface area contributed by atoms with Crippen molar-refractivity contribution in [2.75, 3.05) is 32.8 Å². The maximum atomic E-state index is 15.5. The summed E-state index contributed by atoms with van der Waals surface area (Å²) in [5.74, 6) is 0.486. The molecule has 0 unspecified atom stereocenters. The summed E-state index contributed by atoms with van der Waals surface area (Å²) in [6.45, 7) is 3.49. The zero-order valence-electron chi connectivity index (χ0n) is 21.6. The zero-order valence-corrected chi connectivity index (χ0v) is 22.4. The minimum absolute atomic E-state index is 0.0108. The normalized spacial score (nSPS) is 22.5. The summed E-state index contributed by atoms with van der Waals surface area (Å²) in [6, 6.07) is 0. The first-order chi connectivity index (χ1) is 18.1. The summed E-state index contributed by atoms with van der Waals surface area (Å²) >= 11 is 1.31. The predicted octanol–water partition coefficient (Wildman–Crippen LogP) is 5.30. The van der Waals surface area contributed by atoms with E-state index in [1.807, 2.05) is 6.92 Å². The summed E-state index contributed by atoms with van der Waals surface area (Å²) in [5, 5.41) is 0.293. The summed E-state index contributed by atoms with van der Waals surface area (Å²) in [6.07, 6.45) is 2.37. The fourth-order valence-corrected chi connectivity index (χ4v) is 5.89. The first kappa shape index (κ1) is 28.7. The third-order valence-corrected chi connectivity index (χ3v) is 8.29. The van der Waals surface area contributed by atoms with Gasteiger partial charge in [-0.05, 0) is 51.4 Å². The van der Waals surface area contributed by atoms with Crippen molar-refractivity contribution in [2.24, 2.45) is 5.92 Å². The van der Waals surface area contributed by atoms with Crippen molar-refractivity contribution in [3.05, 3.63) is 28.7 Å². The minimum Gasteiger partial charge on any atom is -0.470 e. The Labute approximate surface area is 224 Å². The average Bonchev–Trinajstić information content (AvgIpc) is 3.15. The van der Waals surface area contributed by atoms with Crippen LogP contribution in [-0.4, -0.2) is 70.3 Å². The molecule has 0 N–H and O–H groups in total. The number of hydrogen-bond donors (Lipinski definition) is 0. The van der Waals surface area contributed by atoms with Crippen molar-refractivity contribution in [3.63, 3.8) is 0 Å². The van der Waals surface area contributed by atoms with Crippen molar-refractivity contribution < 1.29 is 31.8 Å². The monoisotopic (exact) mass is 558 g/mol. The molecular formula is C26H34F4N4O3S. The molecule has 0 aromatic carbocycles. The van der Waals surface area contributed by atoms with Crippen LogP contribution in [-0.2, 0) is 17.6 Å². The molecule has 1 aliphatic carbocycles. The van der Waals surface area contributed by atoms with E-state index in [9.17, 15) is 18.0 Å². The van der Waals surface area contributed by atoms with Gasteiger partial charge in [0.2, 0.25) is 5.88 Å². The molecule has 12 heteroatoms. The molecule has 0 radical (unpaired) electrons. The van der Waals surface area contributed by atoms with Gasteiger partial charge in [-0.2, -0.15) is 13.2 Å². The highest BCUT2D eigenvalue weighted by Gasteiger charge is 2.36. The van der Waals surface area contributed by atoms with E-state index in [0.717, 1.165) is 35.8 Å². The largest absolute Gasteiger partial charge is 0.470 e. The van der Waals surface area contributed by atoms with Gasteiger partial charge in [0, 0.05) is 37.4 Å². The summed E-state index contributed by atoms with van der Waals surface area (Å²) in [4.78, 5) is 28.2. The highest BCUT2D eigenvalue weighted by molar-refractivity contribution is 7.13. The quantitative estimate of drug-likeness (QED) is 0.347. The van der Waals surface area contributed by atoms with Crippen LogP contribution < -0.4 is 9.47 Å². The van der Waals surface area contributed by atoms with Gasteiger partial charge in [0.25, 0.3) is 5.19 Å². The molecule has 0 bridgehead atoms. The Kier molecular flexibility index (Phi) is 9.56. The number of hydrogen-bond acceptors (Lipinski definition) is 8. The number of carbonyl (C=O) groups excluding carboxylic acids is 1. The van der Waals surface area contributed by atoms with Gasteiger partial charge in [0.1, 0.15) is 12.3 Å². The van der Waals surface area contributed by atoms with Gasteiger partial charge in [-0.1, -0.05) is 11.3 Å². The Morgan fingerprint density at radius 3 is 2.63 bits per heavy atom. The molecule has 2 aromatic rings. The molecule has 0 saturated heterocycles. The number of rotatable bonds is 11. The van der Waals surface area contributed by atoms with E-state index < -0.39 is 24.9 Å². The van der Waals surface area contributed by atoms with Crippen molar-refractivity contribution in [1.29, 1.82) is 0 Å². The number of ketones is 1. The summed E-state index contributed by atoms with van der Waals surface area (Å²) in [7, 11) is 0. The molecule has 4 rings (SSSR count). The van der Waals surface area contributed by atoms with E-state index >= 15 is 4.39 Å². The van der Waals surface area contributed by atoms with Gasteiger partial charge in [-0.15, -0.1) is 0 Å². The molecule has 2 aliphatic rings. The SMILES string of the molecule is Cc1cnc(OCC(=O)CC2CCC(F)(CCN3CCc4nc(OCCC(F)(F)F)sc4CC3)CC2)cn1. The molecule has 7 nitrogen and oxygen atoms in total. The second-order valence-electron chi connectivity index (χ2n) is 10.3. The molecule has 38 heavy (non-hydrogen) atoms. The summed E-state index contributed by atoms with van der Waals surface area (Å²) in [5.41, 5.74) is 0.426. The van der Waals surface area contributed by atoms with Gasteiger partial charge in [-0.3, -0.25) is 9.78 Å². The van der Waals surface area contributed by atoms with Crippen molar-refractivity contribution >= 4 is 17.1 Å². The highest BCUT2D eigenvalue weighted by Crippen LogP contribution is 2.39. The fourth-order valence-electron chi connectivity index (χ4n) is 4.92. The van der Waals surface area contributed by atoms with Crippen LogP contribution >= 0.6 is 11.3 Å². The standard InChI is InChI=1S/C26H34F4N4O3S/c1-18-15-32-23(16-31-18)37-17-20(35)14-19-2-6-25(27,7-3-19)8-12-34-10-4-21-22(5-11-34)38-24(33-21)36-13-9-26(28,29)30/h15-16,19H,2-14,17H2,1H3. The topological polar surface area (TPSA) is 77.4 Å². The van der Waals surface area contributed by atoms with E-state index in [1.165, 1.54) is 17.5 Å². The molecule has 3 heterocycles. The first-order valence-corrected chi connectivity index (χ1v) is 13.9. The Morgan fingerprint density at radius 2 is 1.92 bits per heavy atom. The van der Waals surface area contributed by atoms with Gasteiger partial charge in [-0.25, -0.2) is 14.4 Å². The number of carbonyl (C=O) groups is 1. The van der Waals surface area contributed by atoms with E-state index in [4.69, 9.17) is 9.47 Å². The van der Waals surface area contributed by atoms with Crippen LogP contribution in [0.5, 0.6) is 11.1 Å². The van der Waals surface area contributed by atoms with Crippen LogP contribution in [0.1, 0.15) is 61.2 Å². The van der Waals surface area contributed by atoms with Gasteiger partial charge < -0.3 is 14.4 Å². The number of Topliss-reactive ketones (excluding diaryl/α,β-unsaturated/α-hetero) is 1. The minimum atomic E-state index is -4.24. The van der Waals surface area contributed by atoms with Crippen molar-refractivity contribution in [1.82, 2.24) is 19.9 Å². The number of alkyl halides is 4. The number of thiazole rings is 1. The lowest BCUT2D eigenvalue weighted by molar-refractivity contribution is -0.139. The molecule has 0 atom stereocenters. The third kappa shape index (κ3) is 8.86. The Balaban J connectivity index is 1.13. The zero-order chi connectivity index (χ0) is 27.2. The fraction of sp³-hybridized carbons (Fsp3) is 0.692. The second kappa shape index (κ2) is 12.7. The lowest BCUT2D eigenvalue weighted by atomic mass is 9.76. The number of aryl methyl sites for hydroxylation is 1. The first-order valence-electron chi connectivity index (χ1n) is 13.1. The van der Waals surface area contributed by atoms with Crippen LogP contribution in [0.25, 0.3) is 0 Å². The van der Waals surface area contributed by atoms with Crippen LogP contribution in [0.3, 0.4) is 0 Å². The number of ether oxygens (including phenoxy) is 2. The van der Waals surface area contributed by atoms with E-state index in [2.05, 4.69) is 19.9 Å². The van der Waals surface area contributed by atoms with E-state index in [1.54, 1.807) is 6.20 Å². The Bertz CT molecular complexity index is 1030. The Hall–Kier alpha value is -2.34. The molecular weight excluding hydrogens is 524 g/mol. The molecule has 0 amide bonds. The molecule has 2 aromatic heterocycles. The highest BCUT2D eigenvalue weighted by atomic mass is 32.1. The number of nitrogens with zero attached hydrogens (tertiary/aromatic N) is 4.